The molecule has 1 aromatic carbocycles. The third-order valence-electron chi connectivity index (χ3n) is 15.0. The molecule has 1 N–H and O–H groups in total. The topological polar surface area (TPSA) is 72.8 Å². The van der Waals surface area contributed by atoms with Gasteiger partial charge in [-0.2, -0.15) is 0 Å². The van der Waals surface area contributed by atoms with Crippen molar-refractivity contribution in [2.45, 2.75) is 119 Å². The molecule has 10 atom stereocenters. The fourth-order valence-corrected chi connectivity index (χ4v) is 12.7. The first-order chi connectivity index (χ1) is 20.6. The molecule has 0 aromatic heterocycles. The zero-order valence-electron chi connectivity index (χ0n) is 28.3. The first kappa shape index (κ1) is 31.8. The number of hydrogen-bond acceptors (Lipinski definition) is 5. The monoisotopic (exact) mass is 604 g/mol. The summed E-state index contributed by atoms with van der Waals surface area (Å²) in [5.74, 6) is 2.35. The lowest BCUT2D eigenvalue weighted by Gasteiger charge is -2.73. The number of hydrogen-bond donors (Lipinski definition) is 1. The van der Waals surface area contributed by atoms with Crippen molar-refractivity contribution in [2.24, 2.45) is 56.7 Å². The fourth-order valence-electron chi connectivity index (χ4n) is 12.7. The molecule has 6 rings (SSSR count). The zero-order valence-corrected chi connectivity index (χ0v) is 28.3. The predicted octanol–water partition coefficient (Wildman–Crippen LogP) is 8.79. The van der Waals surface area contributed by atoms with E-state index >= 15 is 0 Å². The van der Waals surface area contributed by atoms with Crippen molar-refractivity contribution in [1.82, 2.24) is 0 Å². The highest BCUT2D eigenvalue weighted by molar-refractivity contribution is 5.90. The van der Waals surface area contributed by atoms with Crippen LogP contribution in [-0.4, -0.2) is 29.8 Å². The van der Waals surface area contributed by atoms with E-state index in [4.69, 9.17) is 9.47 Å². The van der Waals surface area contributed by atoms with Crippen molar-refractivity contribution in [3.8, 4) is 5.75 Å². The smallest absolute Gasteiger partial charge is 0.338 e. The molecule has 0 radical (unpaired) electrons. The fraction of sp³-hybridized carbons (Fsp3) is 0.744. The second-order valence-electron chi connectivity index (χ2n) is 17.1. The predicted molar refractivity (Wildman–Crippen MR) is 173 cm³/mol. The molecule has 5 nitrogen and oxygen atoms in total. The Bertz CT molecular complexity index is 1330. The maximum Gasteiger partial charge on any atom is 0.338 e. The number of esters is 2. The van der Waals surface area contributed by atoms with Gasteiger partial charge in [-0.3, -0.25) is 4.79 Å². The van der Waals surface area contributed by atoms with Crippen LogP contribution < -0.4 is 4.74 Å². The van der Waals surface area contributed by atoms with E-state index in [0.29, 0.717) is 47.5 Å². The Morgan fingerprint density at radius 3 is 2.34 bits per heavy atom. The van der Waals surface area contributed by atoms with E-state index < -0.39 is 5.97 Å². The summed E-state index contributed by atoms with van der Waals surface area (Å²) in [6.07, 6.45) is 11.3. The molecule has 0 amide bonds. The Morgan fingerprint density at radius 1 is 0.886 bits per heavy atom. The molecule has 5 heteroatoms. The van der Waals surface area contributed by atoms with E-state index in [1.165, 1.54) is 44.6 Å². The standard InChI is InChI=1S/C39H56O5/c1-24(2)28-14-19-39(23-43-34(42)26-10-9-11-27(22-26)44-25(3)40)21-20-37(7)29(33(28)39)12-13-31-36(6)17-16-32(41)35(4,5)30(36)15-18-38(31,37)8/h9-11,22,28-33,41H,1,12-21,23H2,2-8H3. The van der Waals surface area contributed by atoms with E-state index in [0.717, 1.165) is 32.1 Å². The summed E-state index contributed by atoms with van der Waals surface area (Å²) in [6, 6.07) is 6.76. The third-order valence-corrected chi connectivity index (χ3v) is 15.0. The lowest BCUT2D eigenvalue weighted by atomic mass is 9.32. The van der Waals surface area contributed by atoms with Crippen LogP contribution in [0.2, 0.25) is 0 Å². The Kier molecular flexibility index (Phi) is 7.75. The molecule has 0 aliphatic heterocycles. The summed E-state index contributed by atoms with van der Waals surface area (Å²) in [7, 11) is 0. The van der Waals surface area contributed by atoms with Crippen molar-refractivity contribution < 1.29 is 24.2 Å². The SMILES string of the molecule is C=C(C)C1CCC2(COC(=O)c3cccc(OC(C)=O)c3)CCC3(C)C(CCC4C5(C)CCC(O)C(C)(C)C5CCC43C)C12. The van der Waals surface area contributed by atoms with E-state index in [-0.39, 0.29) is 39.1 Å². The van der Waals surface area contributed by atoms with Crippen LogP contribution in [0.3, 0.4) is 0 Å². The number of aliphatic hydroxyl groups excluding tert-OH is 1. The normalized spacial score (nSPS) is 43.9. The molecule has 1 aromatic rings. The highest BCUT2D eigenvalue weighted by Gasteiger charge is 2.71. The zero-order chi connectivity index (χ0) is 31.9. The van der Waals surface area contributed by atoms with Gasteiger partial charge >= 0.3 is 11.9 Å². The minimum Gasteiger partial charge on any atom is -0.461 e. The summed E-state index contributed by atoms with van der Waals surface area (Å²) in [5.41, 5.74) is 2.38. The summed E-state index contributed by atoms with van der Waals surface area (Å²) >= 11 is 0. The second kappa shape index (κ2) is 10.7. The number of allylic oxidation sites excluding steroid dienone is 1. The number of aliphatic hydroxyl groups is 1. The maximum atomic E-state index is 13.4. The summed E-state index contributed by atoms with van der Waals surface area (Å²) in [6.45, 7) is 21.1. The summed E-state index contributed by atoms with van der Waals surface area (Å²) < 4.78 is 11.4. The molecule has 5 saturated carbocycles. The number of carbonyl (C=O) groups excluding carboxylic acids is 2. The van der Waals surface area contributed by atoms with Crippen molar-refractivity contribution >= 4 is 11.9 Å². The largest absolute Gasteiger partial charge is 0.461 e. The third kappa shape index (κ3) is 4.56. The molecule has 0 bridgehead atoms. The highest BCUT2D eigenvalue weighted by Crippen LogP contribution is 2.77. The van der Waals surface area contributed by atoms with Gasteiger partial charge in [-0.1, -0.05) is 52.8 Å². The Hall–Kier alpha value is -2.14. The van der Waals surface area contributed by atoms with Gasteiger partial charge in [0.15, 0.2) is 0 Å². The van der Waals surface area contributed by atoms with E-state index in [1.807, 2.05) is 0 Å². The molecular weight excluding hydrogens is 548 g/mol. The second-order valence-corrected chi connectivity index (χ2v) is 17.1. The highest BCUT2D eigenvalue weighted by atomic mass is 16.5. The van der Waals surface area contributed by atoms with Gasteiger partial charge in [0.05, 0.1) is 18.3 Å². The molecule has 5 fully saturated rings. The van der Waals surface area contributed by atoms with Crippen molar-refractivity contribution in [2.75, 3.05) is 6.61 Å². The Morgan fingerprint density at radius 2 is 1.64 bits per heavy atom. The Balaban J connectivity index is 1.28. The van der Waals surface area contributed by atoms with Gasteiger partial charge in [-0.05, 0) is 141 Å². The van der Waals surface area contributed by atoms with Crippen LogP contribution in [0.4, 0.5) is 0 Å². The van der Waals surface area contributed by atoms with Crippen LogP contribution in [0.1, 0.15) is 123 Å². The van der Waals surface area contributed by atoms with Crippen LogP contribution >= 0.6 is 0 Å². The van der Waals surface area contributed by atoms with Gasteiger partial charge in [0.25, 0.3) is 0 Å². The van der Waals surface area contributed by atoms with Gasteiger partial charge in [-0.15, -0.1) is 0 Å². The quantitative estimate of drug-likeness (QED) is 0.207. The van der Waals surface area contributed by atoms with Gasteiger partial charge in [0, 0.05) is 12.3 Å². The van der Waals surface area contributed by atoms with Crippen LogP contribution in [0.5, 0.6) is 5.75 Å². The lowest BCUT2D eigenvalue weighted by Crippen LogP contribution is -2.66. The molecular formula is C39H56O5. The number of fused-ring (bicyclic) bond motifs is 7. The molecule has 10 unspecified atom stereocenters. The first-order valence-corrected chi connectivity index (χ1v) is 17.4. The summed E-state index contributed by atoms with van der Waals surface area (Å²) in [5, 5.41) is 11.0. The summed E-state index contributed by atoms with van der Waals surface area (Å²) in [4.78, 5) is 24.8. The number of benzene rings is 1. The Labute approximate surface area is 265 Å². The minimum absolute atomic E-state index is 0.0296. The average molecular weight is 605 g/mol. The van der Waals surface area contributed by atoms with E-state index in [2.05, 4.69) is 48.1 Å². The van der Waals surface area contributed by atoms with Gasteiger partial charge in [0.1, 0.15) is 5.75 Å². The minimum atomic E-state index is -0.407. The van der Waals surface area contributed by atoms with E-state index in [1.54, 1.807) is 24.3 Å². The molecule has 44 heavy (non-hydrogen) atoms. The number of ether oxygens (including phenoxy) is 2. The first-order valence-electron chi connectivity index (χ1n) is 17.4. The van der Waals surface area contributed by atoms with Crippen molar-refractivity contribution in [1.29, 1.82) is 0 Å². The molecule has 5 aliphatic rings. The maximum absolute atomic E-state index is 13.4. The van der Waals surface area contributed by atoms with Gasteiger partial charge in [-0.25, -0.2) is 4.79 Å². The van der Waals surface area contributed by atoms with Crippen LogP contribution in [0.25, 0.3) is 0 Å². The van der Waals surface area contributed by atoms with Gasteiger partial charge in [0.2, 0.25) is 0 Å². The average Bonchev–Trinajstić information content (AvgIpc) is 3.34. The lowest BCUT2D eigenvalue weighted by molar-refractivity contribution is -0.249. The molecule has 0 saturated heterocycles. The van der Waals surface area contributed by atoms with Crippen LogP contribution in [0, 0.1) is 56.7 Å². The molecule has 0 heterocycles. The number of carbonyl (C=O) groups is 2. The molecule has 242 valence electrons. The molecule has 5 aliphatic carbocycles. The van der Waals surface area contributed by atoms with Crippen LogP contribution in [-0.2, 0) is 9.53 Å². The van der Waals surface area contributed by atoms with Crippen LogP contribution in [0.15, 0.2) is 36.4 Å². The van der Waals surface area contributed by atoms with Gasteiger partial charge < -0.3 is 14.6 Å². The van der Waals surface area contributed by atoms with Crippen molar-refractivity contribution in [3.05, 3.63) is 42.0 Å². The molecule has 0 spiro atoms. The van der Waals surface area contributed by atoms with Crippen molar-refractivity contribution in [3.63, 3.8) is 0 Å². The number of rotatable bonds is 5. The van der Waals surface area contributed by atoms with E-state index in [9.17, 15) is 14.7 Å².